The number of halogens is 1. The zero-order valence-electron chi connectivity index (χ0n) is 15.2. The molecule has 26 heavy (non-hydrogen) atoms. The molecule has 0 spiro atoms. The number of carbonyl (C=O) groups is 2. The number of benzene rings is 1. The zero-order valence-corrected chi connectivity index (χ0v) is 17.6. The summed E-state index contributed by atoms with van der Waals surface area (Å²) in [6.45, 7) is 3.80. The Kier molecular flexibility index (Phi) is 10.0. The molecule has 144 valence electrons. The third-order valence-electron chi connectivity index (χ3n) is 4.09. The van der Waals surface area contributed by atoms with Crippen LogP contribution in [0.1, 0.15) is 19.8 Å². The summed E-state index contributed by atoms with van der Waals surface area (Å²) in [5, 5.41) is 5.90. The summed E-state index contributed by atoms with van der Waals surface area (Å²) >= 11 is 0. The van der Waals surface area contributed by atoms with E-state index in [-0.39, 0.29) is 48.3 Å². The normalized spacial score (nSPS) is 15.0. The number of hydrogen-bond acceptors (Lipinski definition) is 4. The van der Waals surface area contributed by atoms with E-state index in [0.717, 1.165) is 18.5 Å². The molecule has 0 saturated carbocycles. The van der Waals surface area contributed by atoms with Crippen molar-refractivity contribution in [2.75, 3.05) is 38.6 Å². The maximum Gasteiger partial charge on any atom is 0.309 e. The second kappa shape index (κ2) is 11.7. The summed E-state index contributed by atoms with van der Waals surface area (Å²) in [6.07, 6.45) is 1.46. The van der Waals surface area contributed by atoms with E-state index in [2.05, 4.69) is 20.5 Å². The first-order valence-corrected chi connectivity index (χ1v) is 8.61. The quantitative estimate of drug-likeness (QED) is 0.296. The number of likely N-dealkylation sites (tertiary alicyclic amines) is 1. The third-order valence-corrected chi connectivity index (χ3v) is 4.09. The molecule has 1 saturated heterocycles. The average Bonchev–Trinajstić information content (AvgIpc) is 2.64. The second-order valence-electron chi connectivity index (χ2n) is 5.83. The van der Waals surface area contributed by atoms with E-state index in [0.29, 0.717) is 25.7 Å². The summed E-state index contributed by atoms with van der Waals surface area (Å²) in [6, 6.07) is 9.32. The van der Waals surface area contributed by atoms with Gasteiger partial charge in [-0.05, 0) is 31.9 Å². The predicted molar refractivity (Wildman–Crippen MR) is 113 cm³/mol. The van der Waals surface area contributed by atoms with Gasteiger partial charge in [0, 0.05) is 25.8 Å². The van der Waals surface area contributed by atoms with Gasteiger partial charge in [0.2, 0.25) is 5.91 Å². The molecule has 8 heteroatoms. The lowest BCUT2D eigenvalue weighted by molar-refractivity contribution is -0.149. The van der Waals surface area contributed by atoms with Gasteiger partial charge in [-0.1, -0.05) is 18.2 Å². The van der Waals surface area contributed by atoms with Crippen LogP contribution in [0, 0.1) is 5.92 Å². The molecular weight excluding hydrogens is 447 g/mol. The minimum atomic E-state index is -0.131. The van der Waals surface area contributed by atoms with E-state index in [9.17, 15) is 9.59 Å². The molecule has 7 nitrogen and oxygen atoms in total. The zero-order chi connectivity index (χ0) is 18.1. The Morgan fingerprint density at radius 2 is 1.88 bits per heavy atom. The SMILES string of the molecule is CCOC(=O)C1CCN(C(=NC)NCC(=O)Nc2ccccc2)CC1.I. The summed E-state index contributed by atoms with van der Waals surface area (Å²) < 4.78 is 5.08. The van der Waals surface area contributed by atoms with E-state index in [1.165, 1.54) is 0 Å². The van der Waals surface area contributed by atoms with Gasteiger partial charge in [0.1, 0.15) is 0 Å². The van der Waals surface area contributed by atoms with Gasteiger partial charge >= 0.3 is 5.97 Å². The number of esters is 1. The number of guanidine groups is 1. The fraction of sp³-hybridized carbons (Fsp3) is 0.500. The number of anilines is 1. The smallest absolute Gasteiger partial charge is 0.309 e. The van der Waals surface area contributed by atoms with Gasteiger partial charge in [0.25, 0.3) is 0 Å². The first-order chi connectivity index (χ1) is 12.1. The van der Waals surface area contributed by atoms with Crippen molar-refractivity contribution in [1.82, 2.24) is 10.2 Å². The lowest BCUT2D eigenvalue weighted by Crippen LogP contribution is -2.48. The fourth-order valence-corrected chi connectivity index (χ4v) is 2.81. The number of nitrogens with one attached hydrogen (secondary N) is 2. The van der Waals surface area contributed by atoms with Gasteiger partial charge in [0.05, 0.1) is 19.1 Å². The van der Waals surface area contributed by atoms with Crippen LogP contribution in [0.3, 0.4) is 0 Å². The molecule has 0 unspecified atom stereocenters. The van der Waals surface area contributed by atoms with Gasteiger partial charge in [-0.25, -0.2) is 0 Å². The van der Waals surface area contributed by atoms with E-state index in [1.807, 2.05) is 37.3 Å². The maximum atomic E-state index is 12.0. The molecule has 0 bridgehead atoms. The van der Waals surface area contributed by atoms with Crippen LogP contribution in [0.25, 0.3) is 0 Å². The van der Waals surface area contributed by atoms with Crippen molar-refractivity contribution in [3.8, 4) is 0 Å². The average molecular weight is 474 g/mol. The van der Waals surface area contributed by atoms with Crippen molar-refractivity contribution >= 4 is 47.5 Å². The number of amides is 1. The number of piperidine rings is 1. The monoisotopic (exact) mass is 474 g/mol. The lowest BCUT2D eigenvalue weighted by atomic mass is 9.97. The van der Waals surface area contributed by atoms with Crippen LogP contribution in [-0.4, -0.2) is 56.0 Å². The molecule has 1 aliphatic rings. The van der Waals surface area contributed by atoms with Crippen LogP contribution in [0.15, 0.2) is 35.3 Å². The Morgan fingerprint density at radius 3 is 2.46 bits per heavy atom. The molecule has 1 aliphatic heterocycles. The Hall–Kier alpha value is -1.84. The van der Waals surface area contributed by atoms with Crippen LogP contribution in [0.2, 0.25) is 0 Å². The number of aliphatic imine (C=N–C) groups is 1. The highest BCUT2D eigenvalue weighted by atomic mass is 127. The molecule has 1 aromatic carbocycles. The van der Waals surface area contributed by atoms with Crippen molar-refractivity contribution in [3.63, 3.8) is 0 Å². The molecule has 2 rings (SSSR count). The molecule has 0 radical (unpaired) electrons. The van der Waals surface area contributed by atoms with Crippen molar-refractivity contribution in [2.24, 2.45) is 10.9 Å². The van der Waals surface area contributed by atoms with Gasteiger partial charge in [-0.3, -0.25) is 14.6 Å². The summed E-state index contributed by atoms with van der Waals surface area (Å²) in [7, 11) is 1.69. The fourth-order valence-electron chi connectivity index (χ4n) is 2.81. The predicted octanol–water partition coefficient (Wildman–Crippen LogP) is 2.09. The van der Waals surface area contributed by atoms with Gasteiger partial charge in [-0.2, -0.15) is 0 Å². The highest BCUT2D eigenvalue weighted by Gasteiger charge is 2.27. The van der Waals surface area contributed by atoms with E-state index < -0.39 is 0 Å². The summed E-state index contributed by atoms with van der Waals surface area (Å²) in [5.41, 5.74) is 0.763. The van der Waals surface area contributed by atoms with Gasteiger partial charge in [-0.15, -0.1) is 24.0 Å². The molecule has 1 heterocycles. The minimum Gasteiger partial charge on any atom is -0.466 e. The highest BCUT2D eigenvalue weighted by Crippen LogP contribution is 2.18. The molecule has 1 fully saturated rings. The lowest BCUT2D eigenvalue weighted by Gasteiger charge is -2.33. The van der Waals surface area contributed by atoms with Gasteiger partial charge < -0.3 is 20.3 Å². The Balaban J connectivity index is 0.00000338. The molecular formula is C18H27IN4O3. The Morgan fingerprint density at radius 1 is 1.23 bits per heavy atom. The molecule has 0 aliphatic carbocycles. The molecule has 1 aromatic rings. The van der Waals surface area contributed by atoms with E-state index in [4.69, 9.17) is 4.74 Å². The maximum absolute atomic E-state index is 12.0. The number of para-hydroxylation sites is 1. The minimum absolute atomic E-state index is 0. The van der Waals surface area contributed by atoms with Crippen LogP contribution in [0.5, 0.6) is 0 Å². The number of carbonyl (C=O) groups excluding carboxylic acids is 2. The highest BCUT2D eigenvalue weighted by molar-refractivity contribution is 14.0. The summed E-state index contributed by atoms with van der Waals surface area (Å²) in [5.74, 6) is 0.377. The van der Waals surface area contributed by atoms with Crippen molar-refractivity contribution in [1.29, 1.82) is 0 Å². The van der Waals surface area contributed by atoms with Crippen LogP contribution in [-0.2, 0) is 14.3 Å². The topological polar surface area (TPSA) is 83.0 Å². The number of hydrogen-bond donors (Lipinski definition) is 2. The standard InChI is InChI=1S/C18H26N4O3.HI/c1-3-25-17(24)14-9-11-22(12-10-14)18(19-2)20-13-16(23)21-15-7-5-4-6-8-15;/h4-8,14H,3,9-13H2,1-2H3,(H,19,20)(H,21,23);1H. The summed E-state index contributed by atoms with van der Waals surface area (Å²) in [4.78, 5) is 30.1. The van der Waals surface area contributed by atoms with Crippen molar-refractivity contribution in [2.45, 2.75) is 19.8 Å². The van der Waals surface area contributed by atoms with Crippen LogP contribution >= 0.6 is 24.0 Å². The first kappa shape index (κ1) is 22.2. The van der Waals surface area contributed by atoms with Gasteiger partial charge in [0.15, 0.2) is 5.96 Å². The molecule has 0 atom stereocenters. The van der Waals surface area contributed by atoms with Crippen molar-refractivity contribution in [3.05, 3.63) is 30.3 Å². The molecule has 2 N–H and O–H groups in total. The van der Waals surface area contributed by atoms with Crippen LogP contribution in [0.4, 0.5) is 5.69 Å². The van der Waals surface area contributed by atoms with E-state index in [1.54, 1.807) is 7.05 Å². The van der Waals surface area contributed by atoms with Crippen molar-refractivity contribution < 1.29 is 14.3 Å². The number of nitrogens with zero attached hydrogens (tertiary/aromatic N) is 2. The first-order valence-electron chi connectivity index (χ1n) is 8.61. The largest absolute Gasteiger partial charge is 0.466 e. The Labute approximate surface area is 171 Å². The number of ether oxygens (including phenoxy) is 1. The second-order valence-corrected chi connectivity index (χ2v) is 5.83. The molecule has 1 amide bonds. The van der Waals surface area contributed by atoms with E-state index >= 15 is 0 Å². The Bertz CT molecular complexity index is 602. The molecule has 0 aromatic heterocycles. The number of rotatable bonds is 5. The third kappa shape index (κ3) is 6.81. The van der Waals surface area contributed by atoms with Crippen LogP contribution < -0.4 is 10.6 Å².